The first-order chi connectivity index (χ1) is 11.5. The Labute approximate surface area is 146 Å². The van der Waals surface area contributed by atoms with E-state index in [1.54, 1.807) is 36.4 Å². The van der Waals surface area contributed by atoms with Crippen LogP contribution < -0.4 is 5.43 Å². The first-order valence-electron chi connectivity index (χ1n) is 6.84. The standard InChI is InChI=1S/C17H13BrN2O4/c1-24-17(23)16(22)14(20-19-13-5-3-2-4-6-13)15(21)11-7-9-12(18)10-8-11/h2-10,19H,1H3. The molecule has 0 aromatic heterocycles. The fraction of sp³-hybridized carbons (Fsp3) is 0.0588. The lowest BCUT2D eigenvalue weighted by molar-refractivity contribution is -0.148. The molecule has 2 rings (SSSR count). The van der Waals surface area contributed by atoms with Crippen LogP contribution in [0.5, 0.6) is 0 Å². The Kier molecular flexibility index (Phi) is 5.97. The second-order valence-electron chi connectivity index (χ2n) is 4.59. The first kappa shape index (κ1) is 17.6. The molecule has 0 saturated carbocycles. The maximum Gasteiger partial charge on any atom is 0.381 e. The minimum atomic E-state index is -1.16. The second kappa shape index (κ2) is 8.16. The number of ketones is 2. The highest BCUT2D eigenvalue weighted by Crippen LogP contribution is 2.12. The van der Waals surface area contributed by atoms with E-state index >= 15 is 0 Å². The van der Waals surface area contributed by atoms with E-state index in [2.05, 4.69) is 31.2 Å². The zero-order chi connectivity index (χ0) is 17.5. The number of hydrogen-bond donors (Lipinski definition) is 1. The molecule has 0 bridgehead atoms. The van der Waals surface area contributed by atoms with E-state index in [0.29, 0.717) is 5.69 Å². The van der Waals surface area contributed by atoms with Crippen molar-refractivity contribution < 1.29 is 19.1 Å². The molecule has 0 atom stereocenters. The third-order valence-electron chi connectivity index (χ3n) is 2.98. The molecule has 2 aromatic rings. The highest BCUT2D eigenvalue weighted by molar-refractivity contribution is 9.10. The zero-order valence-corrected chi connectivity index (χ0v) is 14.2. The van der Waals surface area contributed by atoms with Gasteiger partial charge in [0, 0.05) is 10.0 Å². The van der Waals surface area contributed by atoms with Crippen LogP contribution in [0.15, 0.2) is 64.2 Å². The van der Waals surface area contributed by atoms with Crippen LogP contribution in [-0.4, -0.2) is 30.4 Å². The van der Waals surface area contributed by atoms with Crippen LogP contribution in [-0.2, 0) is 14.3 Å². The van der Waals surface area contributed by atoms with E-state index in [9.17, 15) is 14.4 Å². The fourth-order valence-corrected chi connectivity index (χ4v) is 2.03. The number of ether oxygens (including phenoxy) is 1. The second-order valence-corrected chi connectivity index (χ2v) is 5.51. The van der Waals surface area contributed by atoms with Crippen LogP contribution in [0.1, 0.15) is 10.4 Å². The predicted octanol–water partition coefficient (Wildman–Crippen LogP) is 2.84. The van der Waals surface area contributed by atoms with Gasteiger partial charge >= 0.3 is 5.97 Å². The van der Waals surface area contributed by atoms with Crippen molar-refractivity contribution in [3.63, 3.8) is 0 Å². The molecule has 0 aliphatic rings. The van der Waals surface area contributed by atoms with Gasteiger partial charge in [0.1, 0.15) is 0 Å². The molecule has 0 fully saturated rings. The van der Waals surface area contributed by atoms with E-state index < -0.39 is 23.2 Å². The number of rotatable bonds is 6. The number of benzene rings is 2. The number of carbonyl (C=O) groups excluding carboxylic acids is 3. The van der Waals surface area contributed by atoms with Crippen molar-refractivity contribution in [3.05, 3.63) is 64.6 Å². The Morgan fingerprint density at radius 3 is 2.21 bits per heavy atom. The molecule has 0 unspecified atom stereocenters. The summed E-state index contributed by atoms with van der Waals surface area (Å²) in [6.07, 6.45) is 0. The minimum Gasteiger partial charge on any atom is -0.463 e. The molecule has 0 amide bonds. The van der Waals surface area contributed by atoms with Crippen LogP contribution in [0.25, 0.3) is 0 Å². The molecule has 6 nitrogen and oxygen atoms in total. The Morgan fingerprint density at radius 2 is 1.62 bits per heavy atom. The maximum absolute atomic E-state index is 12.5. The summed E-state index contributed by atoms with van der Waals surface area (Å²) in [5.41, 5.74) is 2.84. The molecule has 2 aromatic carbocycles. The summed E-state index contributed by atoms with van der Waals surface area (Å²) in [5.74, 6) is -2.95. The summed E-state index contributed by atoms with van der Waals surface area (Å²) in [6.45, 7) is 0. The normalized spacial score (nSPS) is 10.8. The van der Waals surface area contributed by atoms with E-state index in [0.717, 1.165) is 11.6 Å². The van der Waals surface area contributed by atoms with Gasteiger partial charge in [0.05, 0.1) is 12.8 Å². The van der Waals surface area contributed by atoms with E-state index in [-0.39, 0.29) is 5.56 Å². The Balaban J connectivity index is 2.35. The monoisotopic (exact) mass is 388 g/mol. The third-order valence-corrected chi connectivity index (χ3v) is 3.51. The van der Waals surface area contributed by atoms with Crippen molar-refractivity contribution in [1.82, 2.24) is 0 Å². The number of anilines is 1. The Hall–Kier alpha value is -2.80. The lowest BCUT2D eigenvalue weighted by Gasteiger charge is -2.06. The average Bonchev–Trinajstić information content (AvgIpc) is 2.62. The van der Waals surface area contributed by atoms with Crippen LogP contribution in [0.2, 0.25) is 0 Å². The lowest BCUT2D eigenvalue weighted by Crippen LogP contribution is -2.32. The van der Waals surface area contributed by atoms with Crippen molar-refractivity contribution in [1.29, 1.82) is 0 Å². The molecule has 0 radical (unpaired) electrons. The number of nitrogens with zero attached hydrogens (tertiary/aromatic N) is 1. The largest absolute Gasteiger partial charge is 0.463 e. The maximum atomic E-state index is 12.5. The molecular formula is C17H13BrN2O4. The summed E-state index contributed by atoms with van der Waals surface area (Å²) >= 11 is 3.26. The number of Topliss-reactive ketones (excluding diaryl/α,β-unsaturated/α-hetero) is 2. The third kappa shape index (κ3) is 4.36. The molecule has 0 heterocycles. The summed E-state index contributed by atoms with van der Waals surface area (Å²) in [5, 5.41) is 3.82. The van der Waals surface area contributed by atoms with Gasteiger partial charge in [-0.1, -0.05) is 34.1 Å². The van der Waals surface area contributed by atoms with E-state index in [1.807, 2.05) is 6.07 Å². The topological polar surface area (TPSA) is 84.8 Å². The Bertz CT molecular complexity index is 786. The number of hydrogen-bond acceptors (Lipinski definition) is 6. The predicted molar refractivity (Wildman–Crippen MR) is 93.0 cm³/mol. The number of hydrazone groups is 1. The van der Waals surface area contributed by atoms with Gasteiger partial charge in [0.2, 0.25) is 5.78 Å². The average molecular weight is 389 g/mol. The van der Waals surface area contributed by atoms with Gasteiger partial charge in [0.15, 0.2) is 5.71 Å². The Morgan fingerprint density at radius 1 is 1.00 bits per heavy atom. The molecule has 1 N–H and O–H groups in total. The van der Waals surface area contributed by atoms with Gasteiger partial charge in [-0.15, -0.1) is 0 Å². The van der Waals surface area contributed by atoms with Crippen LogP contribution >= 0.6 is 15.9 Å². The molecular weight excluding hydrogens is 376 g/mol. The molecule has 0 aliphatic carbocycles. The molecule has 24 heavy (non-hydrogen) atoms. The summed E-state index contributed by atoms with van der Waals surface area (Å²) in [7, 11) is 1.06. The van der Waals surface area contributed by atoms with Crippen molar-refractivity contribution in [3.8, 4) is 0 Å². The van der Waals surface area contributed by atoms with Crippen LogP contribution in [0.3, 0.4) is 0 Å². The minimum absolute atomic E-state index is 0.226. The number of methoxy groups -OCH3 is 1. The number of para-hydroxylation sites is 1. The summed E-state index contributed by atoms with van der Waals surface area (Å²) in [4.78, 5) is 36.1. The summed E-state index contributed by atoms with van der Waals surface area (Å²) < 4.78 is 5.17. The SMILES string of the molecule is COC(=O)C(=O)C(=NNc1ccccc1)C(=O)c1ccc(Br)cc1. The van der Waals surface area contributed by atoms with Gasteiger partial charge in [-0.3, -0.25) is 15.0 Å². The van der Waals surface area contributed by atoms with Crippen molar-refractivity contribution in [2.45, 2.75) is 0 Å². The first-order valence-corrected chi connectivity index (χ1v) is 7.64. The molecule has 0 aliphatic heterocycles. The summed E-state index contributed by atoms with van der Waals surface area (Å²) in [6, 6.07) is 15.1. The number of carbonyl (C=O) groups is 3. The van der Waals surface area contributed by atoms with Gasteiger partial charge < -0.3 is 4.74 Å². The van der Waals surface area contributed by atoms with Crippen LogP contribution in [0.4, 0.5) is 5.69 Å². The molecule has 0 spiro atoms. The quantitative estimate of drug-likeness (QED) is 0.205. The van der Waals surface area contributed by atoms with Crippen molar-refractivity contribution >= 4 is 44.9 Å². The molecule has 122 valence electrons. The van der Waals surface area contributed by atoms with E-state index in [1.165, 1.54) is 12.1 Å². The van der Waals surface area contributed by atoms with Crippen molar-refractivity contribution in [2.75, 3.05) is 12.5 Å². The van der Waals surface area contributed by atoms with Gasteiger partial charge in [-0.2, -0.15) is 5.10 Å². The molecule has 7 heteroatoms. The van der Waals surface area contributed by atoms with Gasteiger partial charge in [-0.25, -0.2) is 4.79 Å². The number of esters is 1. The van der Waals surface area contributed by atoms with Crippen molar-refractivity contribution in [2.24, 2.45) is 5.10 Å². The van der Waals surface area contributed by atoms with Gasteiger partial charge in [-0.05, 0) is 36.4 Å². The lowest BCUT2D eigenvalue weighted by atomic mass is 10.0. The smallest absolute Gasteiger partial charge is 0.381 e. The fourth-order valence-electron chi connectivity index (χ4n) is 1.77. The number of nitrogens with one attached hydrogen (secondary N) is 1. The molecule has 0 saturated heterocycles. The van der Waals surface area contributed by atoms with E-state index in [4.69, 9.17) is 0 Å². The van der Waals surface area contributed by atoms with Crippen LogP contribution in [0, 0.1) is 0 Å². The highest BCUT2D eigenvalue weighted by Gasteiger charge is 2.28. The zero-order valence-electron chi connectivity index (χ0n) is 12.7. The number of halogens is 1. The van der Waals surface area contributed by atoms with Gasteiger partial charge in [0.25, 0.3) is 5.78 Å². The highest BCUT2D eigenvalue weighted by atomic mass is 79.9.